The van der Waals surface area contributed by atoms with E-state index in [2.05, 4.69) is 9.72 Å². The van der Waals surface area contributed by atoms with Crippen molar-refractivity contribution in [2.75, 3.05) is 7.11 Å². The van der Waals surface area contributed by atoms with Crippen molar-refractivity contribution in [1.82, 2.24) is 4.98 Å². The van der Waals surface area contributed by atoms with Gasteiger partial charge in [0.05, 0.1) is 12.8 Å². The maximum Gasteiger partial charge on any atom is 0.343 e. The molecular weight excluding hydrogens is 182 g/mol. The van der Waals surface area contributed by atoms with Gasteiger partial charge in [-0.25, -0.2) is 4.79 Å². The highest BCUT2D eigenvalue weighted by Crippen LogP contribution is 2.22. The van der Waals surface area contributed by atoms with E-state index in [1.807, 2.05) is 6.92 Å². The number of ether oxygens (including phenoxy) is 1. The largest absolute Gasteiger partial charge is 0.465 e. The number of methoxy groups -OCH3 is 1. The molecule has 75 valence electrons. The quantitative estimate of drug-likeness (QED) is 0.675. The molecule has 4 nitrogen and oxygen atoms in total. The van der Waals surface area contributed by atoms with Gasteiger partial charge in [0.1, 0.15) is 5.56 Å². The Morgan fingerprint density at radius 2 is 2.21 bits per heavy atom. The molecule has 0 N–H and O–H groups in total. The SMILES string of the molecule is CCc1nc(C)cc([O])c1C(=O)OC. The van der Waals surface area contributed by atoms with E-state index in [-0.39, 0.29) is 11.3 Å². The molecule has 1 heterocycles. The van der Waals surface area contributed by atoms with Crippen LogP contribution in [-0.2, 0) is 16.3 Å². The second-order valence-corrected chi connectivity index (χ2v) is 2.93. The Labute approximate surface area is 82.5 Å². The van der Waals surface area contributed by atoms with E-state index in [0.717, 1.165) is 0 Å². The average molecular weight is 194 g/mol. The normalized spacial score (nSPS) is 9.93. The highest BCUT2D eigenvalue weighted by molar-refractivity contribution is 5.93. The summed E-state index contributed by atoms with van der Waals surface area (Å²) < 4.78 is 4.52. The van der Waals surface area contributed by atoms with Crippen molar-refractivity contribution in [3.63, 3.8) is 0 Å². The number of carbonyl (C=O) groups excluding carboxylic acids is 1. The Balaban J connectivity index is 3.32. The highest BCUT2D eigenvalue weighted by Gasteiger charge is 2.19. The van der Waals surface area contributed by atoms with E-state index in [4.69, 9.17) is 0 Å². The third kappa shape index (κ3) is 1.84. The van der Waals surface area contributed by atoms with E-state index >= 15 is 0 Å². The van der Waals surface area contributed by atoms with E-state index in [1.54, 1.807) is 6.92 Å². The average Bonchev–Trinajstić information content (AvgIpc) is 2.15. The molecule has 1 aromatic heterocycles. The van der Waals surface area contributed by atoms with Gasteiger partial charge in [0.2, 0.25) is 0 Å². The number of hydrogen-bond acceptors (Lipinski definition) is 3. The second-order valence-electron chi connectivity index (χ2n) is 2.93. The van der Waals surface area contributed by atoms with Gasteiger partial charge in [-0.2, -0.15) is 0 Å². The van der Waals surface area contributed by atoms with Crippen molar-refractivity contribution in [3.05, 3.63) is 23.0 Å². The molecule has 14 heavy (non-hydrogen) atoms. The number of carbonyl (C=O) groups is 1. The van der Waals surface area contributed by atoms with Gasteiger partial charge in [-0.1, -0.05) is 6.92 Å². The fraction of sp³-hybridized carbons (Fsp3) is 0.400. The number of rotatable bonds is 2. The molecule has 0 atom stereocenters. The minimum absolute atomic E-state index is 0.0561. The van der Waals surface area contributed by atoms with Crippen molar-refractivity contribution in [2.24, 2.45) is 0 Å². The Morgan fingerprint density at radius 1 is 1.57 bits per heavy atom. The number of aryl methyl sites for hydroxylation is 2. The zero-order chi connectivity index (χ0) is 10.7. The van der Waals surface area contributed by atoms with Crippen molar-refractivity contribution in [2.45, 2.75) is 20.3 Å². The van der Waals surface area contributed by atoms with Crippen LogP contribution in [0.25, 0.3) is 0 Å². The monoisotopic (exact) mass is 194 g/mol. The molecule has 1 aromatic rings. The fourth-order valence-corrected chi connectivity index (χ4v) is 1.28. The topological polar surface area (TPSA) is 59.1 Å². The van der Waals surface area contributed by atoms with Crippen LogP contribution >= 0.6 is 0 Å². The fourth-order valence-electron chi connectivity index (χ4n) is 1.28. The van der Waals surface area contributed by atoms with Crippen LogP contribution in [0.3, 0.4) is 0 Å². The second kappa shape index (κ2) is 4.09. The Morgan fingerprint density at radius 3 is 2.71 bits per heavy atom. The van der Waals surface area contributed by atoms with Crippen molar-refractivity contribution in [1.29, 1.82) is 0 Å². The van der Waals surface area contributed by atoms with Gasteiger partial charge in [0, 0.05) is 11.8 Å². The first-order valence-electron chi connectivity index (χ1n) is 4.36. The molecule has 0 saturated heterocycles. The van der Waals surface area contributed by atoms with Gasteiger partial charge in [-0.3, -0.25) is 10.1 Å². The van der Waals surface area contributed by atoms with E-state index in [9.17, 15) is 9.90 Å². The minimum Gasteiger partial charge on any atom is -0.465 e. The zero-order valence-electron chi connectivity index (χ0n) is 8.46. The number of pyridine rings is 1. The molecule has 0 bridgehead atoms. The molecule has 0 spiro atoms. The van der Waals surface area contributed by atoms with Crippen LogP contribution in [0, 0.1) is 6.92 Å². The number of nitrogens with zero attached hydrogens (tertiary/aromatic N) is 1. The lowest BCUT2D eigenvalue weighted by atomic mass is 10.1. The molecule has 1 radical (unpaired) electrons. The first-order chi connectivity index (χ1) is 6.60. The van der Waals surface area contributed by atoms with Crippen molar-refractivity contribution >= 4 is 5.97 Å². The van der Waals surface area contributed by atoms with Crippen LogP contribution in [0.5, 0.6) is 5.75 Å². The molecule has 0 aliphatic carbocycles. The summed E-state index contributed by atoms with van der Waals surface area (Å²) in [5, 5.41) is 11.5. The number of esters is 1. The molecule has 0 aliphatic rings. The predicted octanol–water partition coefficient (Wildman–Crippen LogP) is 1.88. The van der Waals surface area contributed by atoms with E-state index < -0.39 is 5.97 Å². The first kappa shape index (κ1) is 10.5. The van der Waals surface area contributed by atoms with Crippen LogP contribution in [0.4, 0.5) is 0 Å². The third-order valence-corrected chi connectivity index (χ3v) is 1.91. The Hall–Kier alpha value is -1.58. The lowest BCUT2D eigenvalue weighted by Crippen LogP contribution is -2.08. The standard InChI is InChI=1S/C10H12NO3/c1-4-7-9(10(13)14-3)8(12)5-6(2)11-7/h5H,4H2,1-3H3. The molecule has 0 unspecified atom stereocenters. The summed E-state index contributed by atoms with van der Waals surface area (Å²) >= 11 is 0. The molecule has 1 rings (SSSR count). The van der Waals surface area contributed by atoms with Crippen LogP contribution in [0.1, 0.15) is 28.7 Å². The highest BCUT2D eigenvalue weighted by atomic mass is 16.5. The van der Waals surface area contributed by atoms with Gasteiger partial charge in [0.15, 0.2) is 5.75 Å². The summed E-state index contributed by atoms with van der Waals surface area (Å²) in [6.07, 6.45) is 0.543. The molecular formula is C10H12NO3. The van der Waals surface area contributed by atoms with Crippen LogP contribution in [-0.4, -0.2) is 18.1 Å². The summed E-state index contributed by atoms with van der Waals surface area (Å²) in [7, 11) is 1.25. The molecule has 0 aliphatic heterocycles. The maximum absolute atomic E-state index is 11.5. The summed E-state index contributed by atoms with van der Waals surface area (Å²) in [5.74, 6) is -0.930. The van der Waals surface area contributed by atoms with E-state index in [0.29, 0.717) is 17.8 Å². The summed E-state index contributed by atoms with van der Waals surface area (Å²) in [5.41, 5.74) is 1.18. The van der Waals surface area contributed by atoms with Gasteiger partial charge in [0.25, 0.3) is 0 Å². The van der Waals surface area contributed by atoms with E-state index in [1.165, 1.54) is 13.2 Å². The predicted molar refractivity (Wildman–Crippen MR) is 49.8 cm³/mol. The summed E-state index contributed by atoms with van der Waals surface area (Å²) in [4.78, 5) is 15.4. The van der Waals surface area contributed by atoms with Gasteiger partial charge in [-0.15, -0.1) is 0 Å². The molecule has 0 aromatic carbocycles. The smallest absolute Gasteiger partial charge is 0.343 e. The lowest BCUT2D eigenvalue weighted by molar-refractivity contribution is 0.0593. The molecule has 4 heteroatoms. The first-order valence-corrected chi connectivity index (χ1v) is 4.36. The van der Waals surface area contributed by atoms with Crippen molar-refractivity contribution < 1.29 is 14.6 Å². The summed E-state index contributed by atoms with van der Waals surface area (Å²) in [6, 6.07) is 1.34. The molecule has 0 amide bonds. The Bertz CT molecular complexity index is 361. The Kier molecular flexibility index (Phi) is 3.06. The van der Waals surface area contributed by atoms with Crippen LogP contribution < -0.4 is 0 Å². The van der Waals surface area contributed by atoms with Crippen molar-refractivity contribution in [3.8, 4) is 5.75 Å². The number of aromatic nitrogens is 1. The van der Waals surface area contributed by atoms with Gasteiger partial charge >= 0.3 is 5.97 Å². The molecule has 0 fully saturated rings. The van der Waals surface area contributed by atoms with Gasteiger partial charge < -0.3 is 4.74 Å². The summed E-state index contributed by atoms with van der Waals surface area (Å²) in [6.45, 7) is 3.56. The van der Waals surface area contributed by atoms with Crippen LogP contribution in [0.2, 0.25) is 0 Å². The lowest BCUT2D eigenvalue weighted by Gasteiger charge is -2.06. The van der Waals surface area contributed by atoms with Gasteiger partial charge in [-0.05, 0) is 13.3 Å². The maximum atomic E-state index is 11.5. The third-order valence-electron chi connectivity index (χ3n) is 1.91. The van der Waals surface area contributed by atoms with Crippen LogP contribution in [0.15, 0.2) is 6.07 Å². The minimum atomic E-state index is -0.612. The molecule has 0 saturated carbocycles. The zero-order valence-corrected chi connectivity index (χ0v) is 8.46. The number of hydrogen-bond donors (Lipinski definition) is 0.